The van der Waals surface area contributed by atoms with Gasteiger partial charge in [0.2, 0.25) is 0 Å². The van der Waals surface area contributed by atoms with Crippen LogP contribution in [0.25, 0.3) is 0 Å². The summed E-state index contributed by atoms with van der Waals surface area (Å²) in [5.74, 6) is 0. The van der Waals surface area contributed by atoms with E-state index in [4.69, 9.17) is 0 Å². The lowest BCUT2D eigenvalue weighted by atomic mass is 10.1. The molecule has 0 aliphatic heterocycles. The van der Waals surface area contributed by atoms with E-state index in [1.807, 2.05) is 24.3 Å². The van der Waals surface area contributed by atoms with Gasteiger partial charge in [-0.25, -0.2) is 4.39 Å². The van der Waals surface area contributed by atoms with Gasteiger partial charge in [-0.15, -0.1) is 0 Å². The predicted molar refractivity (Wildman–Crippen MR) is 39.6 cm³/mol. The first-order valence-electron chi connectivity index (χ1n) is 3.38. The van der Waals surface area contributed by atoms with E-state index in [0.29, 0.717) is 6.42 Å². The highest BCUT2D eigenvalue weighted by Gasteiger charge is 1.97. The fourth-order valence-electron chi connectivity index (χ4n) is 0.882. The van der Waals surface area contributed by atoms with Crippen LogP contribution in [-0.4, -0.2) is 6.17 Å². The van der Waals surface area contributed by atoms with Crippen LogP contribution in [0.1, 0.15) is 12.5 Å². The summed E-state index contributed by atoms with van der Waals surface area (Å²) in [5, 5.41) is 0. The predicted octanol–water partition coefficient (Wildman–Crippen LogP) is 2.39. The molecular formula is C9H10F. The monoisotopic (exact) mass is 137 g/mol. The topological polar surface area (TPSA) is 0 Å². The Morgan fingerprint density at radius 1 is 1.70 bits per heavy atom. The van der Waals surface area contributed by atoms with E-state index in [1.165, 1.54) is 0 Å². The summed E-state index contributed by atoms with van der Waals surface area (Å²) >= 11 is 0. The maximum absolute atomic E-state index is 12.4. The van der Waals surface area contributed by atoms with Gasteiger partial charge in [0, 0.05) is 6.42 Å². The van der Waals surface area contributed by atoms with E-state index in [9.17, 15) is 4.39 Å². The first-order valence-corrected chi connectivity index (χ1v) is 3.38. The van der Waals surface area contributed by atoms with Gasteiger partial charge in [0.15, 0.2) is 0 Å². The van der Waals surface area contributed by atoms with Crippen molar-refractivity contribution in [1.29, 1.82) is 0 Å². The lowest BCUT2D eigenvalue weighted by molar-refractivity contribution is 0.360. The molecule has 0 spiro atoms. The SMILES string of the molecule is C[C@H](F)Cc1c[c]ccc1. The molecule has 0 bridgehead atoms. The highest BCUT2D eigenvalue weighted by Crippen LogP contribution is 2.03. The van der Waals surface area contributed by atoms with E-state index in [2.05, 4.69) is 6.07 Å². The van der Waals surface area contributed by atoms with Crippen LogP contribution in [0, 0.1) is 6.07 Å². The molecule has 0 unspecified atom stereocenters. The standard InChI is InChI=1S/C9H10F/c1-8(10)7-9-5-3-2-4-6-9/h2-3,5-6,8H,7H2,1H3/t8-/m0/s1. The molecule has 1 aromatic carbocycles. The van der Waals surface area contributed by atoms with Crippen molar-refractivity contribution in [2.24, 2.45) is 0 Å². The fourth-order valence-corrected chi connectivity index (χ4v) is 0.882. The third kappa shape index (κ3) is 2.18. The van der Waals surface area contributed by atoms with Gasteiger partial charge >= 0.3 is 0 Å². The first kappa shape index (κ1) is 7.26. The Balaban J connectivity index is 2.59. The van der Waals surface area contributed by atoms with E-state index in [-0.39, 0.29) is 0 Å². The molecule has 0 saturated carbocycles. The van der Waals surface area contributed by atoms with Crippen molar-refractivity contribution >= 4 is 0 Å². The van der Waals surface area contributed by atoms with Crippen LogP contribution in [-0.2, 0) is 6.42 Å². The van der Waals surface area contributed by atoms with E-state index in [1.54, 1.807) is 6.92 Å². The molecule has 1 rings (SSSR count). The van der Waals surface area contributed by atoms with Gasteiger partial charge < -0.3 is 0 Å². The minimum absolute atomic E-state index is 0.497. The first-order chi connectivity index (χ1) is 4.79. The Morgan fingerprint density at radius 3 is 3.00 bits per heavy atom. The molecule has 0 amide bonds. The lowest BCUT2D eigenvalue weighted by Gasteiger charge is -1.99. The summed E-state index contributed by atoms with van der Waals surface area (Å²) in [4.78, 5) is 0. The zero-order chi connectivity index (χ0) is 7.40. The third-order valence-electron chi connectivity index (χ3n) is 1.29. The van der Waals surface area contributed by atoms with Crippen LogP contribution in [0.15, 0.2) is 24.3 Å². The molecule has 0 N–H and O–H groups in total. The van der Waals surface area contributed by atoms with Gasteiger partial charge in [0.1, 0.15) is 6.17 Å². The highest BCUT2D eigenvalue weighted by atomic mass is 19.1. The second-order valence-electron chi connectivity index (χ2n) is 2.40. The number of hydrogen-bond acceptors (Lipinski definition) is 0. The summed E-state index contributed by atoms with van der Waals surface area (Å²) in [6, 6.07) is 10.3. The molecule has 1 aromatic rings. The second kappa shape index (κ2) is 3.35. The molecule has 0 saturated heterocycles. The maximum Gasteiger partial charge on any atom is 0.101 e. The van der Waals surface area contributed by atoms with E-state index < -0.39 is 6.17 Å². The molecule has 0 heterocycles. The molecule has 0 nitrogen and oxygen atoms in total. The van der Waals surface area contributed by atoms with Crippen LogP contribution in [0.5, 0.6) is 0 Å². The molecule has 1 atom stereocenters. The van der Waals surface area contributed by atoms with Crippen molar-refractivity contribution in [1.82, 2.24) is 0 Å². The molecule has 0 fully saturated rings. The number of rotatable bonds is 2. The molecule has 53 valence electrons. The molecule has 1 heteroatoms. The minimum atomic E-state index is -0.754. The van der Waals surface area contributed by atoms with Crippen LogP contribution in [0.3, 0.4) is 0 Å². The Morgan fingerprint density at radius 2 is 2.50 bits per heavy atom. The Labute approximate surface area is 60.7 Å². The Bertz CT molecular complexity index is 179. The van der Waals surface area contributed by atoms with Crippen molar-refractivity contribution in [2.45, 2.75) is 19.5 Å². The number of benzene rings is 1. The second-order valence-corrected chi connectivity index (χ2v) is 2.40. The van der Waals surface area contributed by atoms with Gasteiger partial charge in [0.25, 0.3) is 0 Å². The molecule has 10 heavy (non-hydrogen) atoms. The number of halogens is 1. The van der Waals surface area contributed by atoms with Crippen molar-refractivity contribution < 1.29 is 4.39 Å². The molecular weight excluding hydrogens is 127 g/mol. The number of alkyl halides is 1. The van der Waals surface area contributed by atoms with Crippen LogP contribution < -0.4 is 0 Å². The highest BCUT2D eigenvalue weighted by molar-refractivity contribution is 5.14. The van der Waals surface area contributed by atoms with Crippen LogP contribution in [0.2, 0.25) is 0 Å². The Kier molecular flexibility index (Phi) is 2.43. The van der Waals surface area contributed by atoms with Gasteiger partial charge in [-0.1, -0.05) is 24.3 Å². The van der Waals surface area contributed by atoms with Gasteiger partial charge in [0.05, 0.1) is 0 Å². The third-order valence-corrected chi connectivity index (χ3v) is 1.29. The largest absolute Gasteiger partial charge is 0.247 e. The summed E-state index contributed by atoms with van der Waals surface area (Å²) in [6.45, 7) is 1.56. The zero-order valence-corrected chi connectivity index (χ0v) is 5.97. The summed E-state index contributed by atoms with van der Waals surface area (Å²) < 4.78 is 12.4. The molecule has 0 aromatic heterocycles. The average molecular weight is 137 g/mol. The number of hydrogen-bond donors (Lipinski definition) is 0. The van der Waals surface area contributed by atoms with Crippen molar-refractivity contribution in [3.8, 4) is 0 Å². The minimum Gasteiger partial charge on any atom is -0.247 e. The fraction of sp³-hybridized carbons (Fsp3) is 0.333. The lowest BCUT2D eigenvalue weighted by Crippen LogP contribution is -1.97. The van der Waals surface area contributed by atoms with Crippen molar-refractivity contribution in [3.05, 3.63) is 35.9 Å². The summed E-state index contributed by atoms with van der Waals surface area (Å²) in [5.41, 5.74) is 1.01. The molecule has 0 aliphatic rings. The Hall–Kier alpha value is -0.850. The normalized spacial score (nSPS) is 13.0. The quantitative estimate of drug-likeness (QED) is 0.587. The van der Waals surface area contributed by atoms with Gasteiger partial charge in [-0.05, 0) is 18.6 Å². The van der Waals surface area contributed by atoms with E-state index >= 15 is 0 Å². The van der Waals surface area contributed by atoms with Gasteiger partial charge in [-0.3, -0.25) is 0 Å². The zero-order valence-electron chi connectivity index (χ0n) is 5.97. The van der Waals surface area contributed by atoms with Crippen molar-refractivity contribution in [2.75, 3.05) is 0 Å². The van der Waals surface area contributed by atoms with E-state index in [0.717, 1.165) is 5.56 Å². The molecule has 1 radical (unpaired) electrons. The van der Waals surface area contributed by atoms with Gasteiger partial charge in [-0.2, -0.15) is 0 Å². The van der Waals surface area contributed by atoms with Crippen LogP contribution in [0.4, 0.5) is 4.39 Å². The molecule has 0 aliphatic carbocycles. The smallest absolute Gasteiger partial charge is 0.101 e. The average Bonchev–Trinajstić information content (AvgIpc) is 1.88. The van der Waals surface area contributed by atoms with Crippen LogP contribution >= 0.6 is 0 Å². The van der Waals surface area contributed by atoms with Crippen molar-refractivity contribution in [3.63, 3.8) is 0 Å². The summed E-state index contributed by atoms with van der Waals surface area (Å²) in [6.07, 6.45) is -0.257. The summed E-state index contributed by atoms with van der Waals surface area (Å²) in [7, 11) is 0. The maximum atomic E-state index is 12.4.